The first-order valence-electron chi connectivity index (χ1n) is 10.5. The van der Waals surface area contributed by atoms with Crippen LogP contribution in [0.3, 0.4) is 0 Å². The van der Waals surface area contributed by atoms with E-state index in [-0.39, 0.29) is 11.9 Å². The molecule has 28 heavy (non-hydrogen) atoms. The fourth-order valence-corrected chi connectivity index (χ4v) is 4.48. The number of carbonyl (C=O) groups is 1. The van der Waals surface area contributed by atoms with Gasteiger partial charge in [0.15, 0.2) is 0 Å². The number of fused-ring (bicyclic) bond motifs is 1. The molecule has 148 valence electrons. The van der Waals surface area contributed by atoms with Gasteiger partial charge in [-0.25, -0.2) is 0 Å². The van der Waals surface area contributed by atoms with Gasteiger partial charge in [0, 0.05) is 31.4 Å². The van der Waals surface area contributed by atoms with E-state index in [1.807, 2.05) is 18.2 Å². The van der Waals surface area contributed by atoms with Crippen molar-refractivity contribution in [1.29, 1.82) is 0 Å². The van der Waals surface area contributed by atoms with Gasteiger partial charge < -0.3 is 10.2 Å². The minimum absolute atomic E-state index is 0.0215. The Balaban J connectivity index is 1.52. The second kappa shape index (κ2) is 7.96. The van der Waals surface area contributed by atoms with Crippen molar-refractivity contribution in [2.45, 2.75) is 39.2 Å². The highest BCUT2D eigenvalue weighted by Gasteiger charge is 2.26. The van der Waals surface area contributed by atoms with E-state index in [0.717, 1.165) is 37.2 Å². The molecule has 1 saturated heterocycles. The third kappa shape index (κ3) is 3.79. The quantitative estimate of drug-likeness (QED) is 0.859. The second-order valence-electron chi connectivity index (χ2n) is 8.33. The third-order valence-corrected chi connectivity index (χ3v) is 6.42. The molecule has 0 spiro atoms. The maximum Gasteiger partial charge on any atom is 0.251 e. The number of benzene rings is 2. The summed E-state index contributed by atoms with van der Waals surface area (Å²) in [7, 11) is 2.16. The highest BCUT2D eigenvalue weighted by Crippen LogP contribution is 2.32. The van der Waals surface area contributed by atoms with Gasteiger partial charge in [-0.3, -0.25) is 9.69 Å². The van der Waals surface area contributed by atoms with Crippen LogP contribution in [0.2, 0.25) is 0 Å². The Bertz CT molecular complexity index is 870. The van der Waals surface area contributed by atoms with Crippen molar-refractivity contribution in [2.75, 3.05) is 38.1 Å². The smallest absolute Gasteiger partial charge is 0.251 e. The Hall–Kier alpha value is -2.33. The maximum atomic E-state index is 12.8. The Morgan fingerprint density at radius 1 is 1.04 bits per heavy atom. The second-order valence-corrected chi connectivity index (χ2v) is 8.33. The number of amides is 1. The van der Waals surface area contributed by atoms with Crippen LogP contribution in [-0.4, -0.2) is 44.0 Å². The average Bonchev–Trinajstić information content (AvgIpc) is 3.34. The maximum absolute atomic E-state index is 12.8. The zero-order valence-electron chi connectivity index (χ0n) is 17.3. The summed E-state index contributed by atoms with van der Waals surface area (Å²) in [5.41, 5.74) is 7.24. The summed E-state index contributed by atoms with van der Waals surface area (Å²) >= 11 is 0. The van der Waals surface area contributed by atoms with Crippen LogP contribution in [0.25, 0.3) is 0 Å². The molecule has 4 heteroatoms. The highest BCUT2D eigenvalue weighted by atomic mass is 16.1. The van der Waals surface area contributed by atoms with E-state index in [1.54, 1.807) is 0 Å². The SMILES string of the molecule is Cc1ccc(C(=O)NCC(c2ccc3c(c2)CCN3C)N2CCCC2)cc1C. The van der Waals surface area contributed by atoms with Crippen molar-refractivity contribution >= 4 is 11.6 Å². The van der Waals surface area contributed by atoms with Crippen LogP contribution in [-0.2, 0) is 6.42 Å². The molecule has 1 fully saturated rings. The number of carbonyl (C=O) groups excluding carboxylic acids is 1. The molecule has 1 unspecified atom stereocenters. The lowest BCUT2D eigenvalue weighted by molar-refractivity contribution is 0.0938. The number of hydrogen-bond acceptors (Lipinski definition) is 3. The van der Waals surface area contributed by atoms with Gasteiger partial charge in [0.25, 0.3) is 5.91 Å². The van der Waals surface area contributed by atoms with Gasteiger partial charge >= 0.3 is 0 Å². The molecule has 0 saturated carbocycles. The number of aryl methyl sites for hydroxylation is 2. The van der Waals surface area contributed by atoms with E-state index in [1.165, 1.54) is 35.2 Å². The Kier molecular flexibility index (Phi) is 5.40. The summed E-state index contributed by atoms with van der Waals surface area (Å²) in [6, 6.07) is 13.1. The molecule has 2 aliphatic heterocycles. The summed E-state index contributed by atoms with van der Waals surface area (Å²) in [6.07, 6.45) is 3.60. The summed E-state index contributed by atoms with van der Waals surface area (Å²) in [5, 5.41) is 3.21. The number of likely N-dealkylation sites (N-methyl/N-ethyl adjacent to an activating group) is 1. The summed E-state index contributed by atoms with van der Waals surface area (Å²) in [6.45, 7) is 8.10. The van der Waals surface area contributed by atoms with Gasteiger partial charge in [-0.1, -0.05) is 18.2 Å². The van der Waals surface area contributed by atoms with Crippen LogP contribution >= 0.6 is 0 Å². The normalized spacial score (nSPS) is 17.6. The summed E-state index contributed by atoms with van der Waals surface area (Å²) in [5.74, 6) is 0.0215. The summed E-state index contributed by atoms with van der Waals surface area (Å²) in [4.78, 5) is 17.6. The van der Waals surface area contributed by atoms with Gasteiger partial charge in [-0.15, -0.1) is 0 Å². The van der Waals surface area contributed by atoms with Gasteiger partial charge in [0.05, 0.1) is 6.04 Å². The molecule has 4 nitrogen and oxygen atoms in total. The van der Waals surface area contributed by atoms with E-state index in [2.05, 4.69) is 54.2 Å². The molecule has 0 aromatic heterocycles. The van der Waals surface area contributed by atoms with Crippen molar-refractivity contribution in [3.63, 3.8) is 0 Å². The van der Waals surface area contributed by atoms with Crippen molar-refractivity contribution < 1.29 is 4.79 Å². The van der Waals surface area contributed by atoms with Crippen LogP contribution in [0.15, 0.2) is 36.4 Å². The summed E-state index contributed by atoms with van der Waals surface area (Å²) < 4.78 is 0. The average molecular weight is 378 g/mol. The number of nitrogens with zero attached hydrogens (tertiary/aromatic N) is 2. The highest BCUT2D eigenvalue weighted by molar-refractivity contribution is 5.94. The Labute approximate surface area is 168 Å². The first kappa shape index (κ1) is 19.0. The lowest BCUT2D eigenvalue weighted by Crippen LogP contribution is -2.36. The van der Waals surface area contributed by atoms with Crippen LogP contribution in [0.5, 0.6) is 0 Å². The Morgan fingerprint density at radius 2 is 1.82 bits per heavy atom. The van der Waals surface area contributed by atoms with Crippen molar-refractivity contribution in [3.8, 4) is 0 Å². The number of nitrogens with one attached hydrogen (secondary N) is 1. The first-order chi connectivity index (χ1) is 13.5. The molecular formula is C24H31N3O. The van der Waals surface area contributed by atoms with Gasteiger partial charge in [-0.05, 0) is 86.7 Å². The molecule has 2 aromatic rings. The van der Waals surface area contributed by atoms with Crippen LogP contribution in [0, 0.1) is 13.8 Å². The van der Waals surface area contributed by atoms with Gasteiger partial charge in [-0.2, -0.15) is 0 Å². The van der Waals surface area contributed by atoms with E-state index in [4.69, 9.17) is 0 Å². The minimum Gasteiger partial charge on any atom is -0.374 e. The number of rotatable bonds is 5. The number of likely N-dealkylation sites (tertiary alicyclic amines) is 1. The molecule has 0 aliphatic carbocycles. The number of anilines is 1. The zero-order chi connectivity index (χ0) is 19.7. The van der Waals surface area contributed by atoms with E-state index < -0.39 is 0 Å². The molecular weight excluding hydrogens is 346 g/mol. The predicted octanol–water partition coefficient (Wildman–Crippen LogP) is 3.86. The van der Waals surface area contributed by atoms with Crippen LogP contribution < -0.4 is 10.2 Å². The lowest BCUT2D eigenvalue weighted by atomic mass is 10.0. The largest absolute Gasteiger partial charge is 0.374 e. The topological polar surface area (TPSA) is 35.6 Å². The van der Waals surface area contributed by atoms with E-state index in [0.29, 0.717) is 6.54 Å². The van der Waals surface area contributed by atoms with Crippen molar-refractivity contribution in [3.05, 3.63) is 64.2 Å². The number of hydrogen-bond donors (Lipinski definition) is 1. The Morgan fingerprint density at radius 3 is 2.57 bits per heavy atom. The molecule has 2 heterocycles. The predicted molar refractivity (Wildman–Crippen MR) is 115 cm³/mol. The molecule has 0 radical (unpaired) electrons. The van der Waals surface area contributed by atoms with Crippen molar-refractivity contribution in [2.24, 2.45) is 0 Å². The van der Waals surface area contributed by atoms with Crippen LogP contribution in [0.4, 0.5) is 5.69 Å². The molecule has 1 atom stereocenters. The lowest BCUT2D eigenvalue weighted by Gasteiger charge is -2.29. The molecule has 2 aromatic carbocycles. The van der Waals surface area contributed by atoms with Crippen molar-refractivity contribution in [1.82, 2.24) is 10.2 Å². The fraction of sp³-hybridized carbons (Fsp3) is 0.458. The van der Waals surface area contributed by atoms with Gasteiger partial charge in [0.2, 0.25) is 0 Å². The van der Waals surface area contributed by atoms with E-state index in [9.17, 15) is 4.79 Å². The van der Waals surface area contributed by atoms with Gasteiger partial charge in [0.1, 0.15) is 0 Å². The molecule has 2 aliphatic rings. The zero-order valence-corrected chi connectivity index (χ0v) is 17.3. The first-order valence-corrected chi connectivity index (χ1v) is 10.5. The molecule has 1 amide bonds. The minimum atomic E-state index is 0.0215. The fourth-order valence-electron chi connectivity index (χ4n) is 4.48. The monoisotopic (exact) mass is 377 g/mol. The molecule has 4 rings (SSSR count). The molecule has 0 bridgehead atoms. The third-order valence-electron chi connectivity index (χ3n) is 6.42. The van der Waals surface area contributed by atoms with Crippen LogP contribution in [0.1, 0.15) is 51.5 Å². The molecule has 1 N–H and O–H groups in total. The standard InChI is InChI=1S/C24H31N3O/c1-17-6-7-21(14-18(17)2)24(28)25-16-23(27-11-4-5-12-27)19-8-9-22-20(15-19)10-13-26(22)3/h6-9,14-15,23H,4-5,10-13,16H2,1-3H3,(H,25,28). The van der Waals surface area contributed by atoms with E-state index >= 15 is 0 Å².